The molecular formula is C14H17N5O2. The Morgan fingerprint density at radius 2 is 1.81 bits per heavy atom. The number of anilines is 2. The quantitative estimate of drug-likeness (QED) is 0.828. The highest BCUT2D eigenvalue weighted by atomic mass is 16.5. The number of ether oxygens (including phenoxy) is 1. The second-order valence-corrected chi connectivity index (χ2v) is 4.82. The van der Waals surface area contributed by atoms with E-state index in [4.69, 9.17) is 9.94 Å². The summed E-state index contributed by atoms with van der Waals surface area (Å²) in [5.41, 5.74) is 2.80. The van der Waals surface area contributed by atoms with Crippen LogP contribution < -0.4 is 15.1 Å². The molecule has 21 heavy (non-hydrogen) atoms. The maximum absolute atomic E-state index is 9.14. The Morgan fingerprint density at radius 3 is 2.52 bits per heavy atom. The first kappa shape index (κ1) is 13.6. The van der Waals surface area contributed by atoms with Gasteiger partial charge in [-0.05, 0) is 18.2 Å². The molecule has 7 heteroatoms. The Morgan fingerprint density at radius 1 is 1.10 bits per heavy atom. The summed E-state index contributed by atoms with van der Waals surface area (Å²) < 4.78 is 5.76. The van der Waals surface area contributed by atoms with Gasteiger partial charge in [-0.3, -0.25) is 10.7 Å². The predicted octanol–water partition coefficient (Wildman–Crippen LogP) is 1.72. The molecule has 2 N–H and O–H groups in total. The molecule has 0 saturated carbocycles. The van der Waals surface area contributed by atoms with Crippen molar-refractivity contribution in [2.24, 2.45) is 0 Å². The molecule has 0 atom stereocenters. The molecule has 0 aromatic carbocycles. The van der Waals surface area contributed by atoms with Gasteiger partial charge in [0.25, 0.3) is 0 Å². The van der Waals surface area contributed by atoms with Crippen LogP contribution in [0.3, 0.4) is 0 Å². The lowest BCUT2D eigenvalue weighted by molar-refractivity contribution is 0.156. The van der Waals surface area contributed by atoms with Crippen LogP contribution in [0.5, 0.6) is 6.01 Å². The van der Waals surface area contributed by atoms with Gasteiger partial charge in [0.2, 0.25) is 0 Å². The Balaban J connectivity index is 1.60. The van der Waals surface area contributed by atoms with Crippen LogP contribution in [-0.2, 0) is 0 Å². The molecule has 3 heterocycles. The molecule has 3 rings (SSSR count). The number of aromatic nitrogens is 3. The van der Waals surface area contributed by atoms with Gasteiger partial charge in [-0.2, -0.15) is 0 Å². The SMILES string of the molecule is ONc1cccnc1N1CCC(Oc2ncccn2)CC1. The molecule has 1 fully saturated rings. The molecule has 0 unspecified atom stereocenters. The molecule has 0 amide bonds. The standard InChI is InChI=1S/C14H17N5O2/c20-18-12-3-1-6-15-13(12)19-9-4-11(5-10-19)21-14-16-7-2-8-17-14/h1-3,6-8,11,18,20H,4-5,9-10H2. The summed E-state index contributed by atoms with van der Waals surface area (Å²) in [4.78, 5) is 14.6. The molecule has 2 aromatic rings. The van der Waals surface area contributed by atoms with Crippen molar-refractivity contribution in [2.75, 3.05) is 23.5 Å². The Kier molecular flexibility index (Phi) is 4.11. The minimum Gasteiger partial charge on any atom is -0.460 e. The van der Waals surface area contributed by atoms with Crippen molar-refractivity contribution in [3.05, 3.63) is 36.8 Å². The zero-order valence-electron chi connectivity index (χ0n) is 11.5. The third kappa shape index (κ3) is 3.19. The lowest BCUT2D eigenvalue weighted by Gasteiger charge is -2.33. The van der Waals surface area contributed by atoms with E-state index in [9.17, 15) is 0 Å². The monoisotopic (exact) mass is 287 g/mol. The van der Waals surface area contributed by atoms with E-state index in [-0.39, 0.29) is 6.10 Å². The minimum absolute atomic E-state index is 0.109. The van der Waals surface area contributed by atoms with Crippen molar-refractivity contribution in [3.8, 4) is 6.01 Å². The van der Waals surface area contributed by atoms with Gasteiger partial charge >= 0.3 is 6.01 Å². The van der Waals surface area contributed by atoms with Crippen LogP contribution in [0.25, 0.3) is 0 Å². The molecule has 0 aliphatic carbocycles. The van der Waals surface area contributed by atoms with Gasteiger partial charge in [0.15, 0.2) is 5.82 Å². The summed E-state index contributed by atoms with van der Waals surface area (Å²) >= 11 is 0. The number of piperidine rings is 1. The van der Waals surface area contributed by atoms with Gasteiger partial charge < -0.3 is 9.64 Å². The summed E-state index contributed by atoms with van der Waals surface area (Å²) in [6.45, 7) is 1.62. The van der Waals surface area contributed by atoms with Crippen molar-refractivity contribution in [2.45, 2.75) is 18.9 Å². The maximum atomic E-state index is 9.14. The minimum atomic E-state index is 0.109. The fraction of sp³-hybridized carbons (Fsp3) is 0.357. The highest BCUT2D eigenvalue weighted by Gasteiger charge is 2.23. The average Bonchev–Trinajstić information content (AvgIpc) is 2.56. The second-order valence-electron chi connectivity index (χ2n) is 4.82. The summed E-state index contributed by atoms with van der Waals surface area (Å²) in [5.74, 6) is 0.759. The molecular weight excluding hydrogens is 270 g/mol. The van der Waals surface area contributed by atoms with E-state index in [2.05, 4.69) is 25.3 Å². The largest absolute Gasteiger partial charge is 0.460 e. The number of rotatable bonds is 4. The number of pyridine rings is 1. The van der Waals surface area contributed by atoms with Gasteiger partial charge in [0.05, 0.1) is 0 Å². The second kappa shape index (κ2) is 6.36. The zero-order chi connectivity index (χ0) is 14.5. The van der Waals surface area contributed by atoms with Gasteiger partial charge in [-0.25, -0.2) is 15.0 Å². The van der Waals surface area contributed by atoms with Crippen molar-refractivity contribution in [1.82, 2.24) is 15.0 Å². The van der Waals surface area contributed by atoms with Crippen molar-refractivity contribution < 1.29 is 9.94 Å². The fourth-order valence-electron chi connectivity index (χ4n) is 2.42. The van der Waals surface area contributed by atoms with E-state index in [1.807, 2.05) is 0 Å². The Bertz CT molecular complexity index is 573. The van der Waals surface area contributed by atoms with Crippen molar-refractivity contribution in [3.63, 3.8) is 0 Å². The molecule has 0 spiro atoms. The molecule has 7 nitrogen and oxygen atoms in total. The van der Waals surface area contributed by atoms with Crippen molar-refractivity contribution >= 4 is 11.5 Å². The third-order valence-electron chi connectivity index (χ3n) is 3.46. The van der Waals surface area contributed by atoms with Crippen LogP contribution in [0.15, 0.2) is 36.8 Å². The van der Waals surface area contributed by atoms with Crippen LogP contribution >= 0.6 is 0 Å². The first-order valence-electron chi connectivity index (χ1n) is 6.90. The Labute approximate surface area is 122 Å². The summed E-state index contributed by atoms with van der Waals surface area (Å²) in [6, 6.07) is 5.76. The van der Waals surface area contributed by atoms with E-state index >= 15 is 0 Å². The maximum Gasteiger partial charge on any atom is 0.316 e. The van der Waals surface area contributed by atoms with Crippen LogP contribution in [0.2, 0.25) is 0 Å². The lowest BCUT2D eigenvalue weighted by atomic mass is 10.1. The number of nitrogens with zero attached hydrogens (tertiary/aromatic N) is 4. The van der Waals surface area contributed by atoms with Gasteiger partial charge in [-0.1, -0.05) is 0 Å². The predicted molar refractivity (Wildman–Crippen MR) is 77.5 cm³/mol. The summed E-state index contributed by atoms with van der Waals surface area (Å²) in [7, 11) is 0. The summed E-state index contributed by atoms with van der Waals surface area (Å²) in [6.07, 6.45) is 6.89. The molecule has 2 aromatic heterocycles. The van der Waals surface area contributed by atoms with E-state index in [1.165, 1.54) is 0 Å². The van der Waals surface area contributed by atoms with E-state index in [0.29, 0.717) is 11.7 Å². The third-order valence-corrected chi connectivity index (χ3v) is 3.46. The topological polar surface area (TPSA) is 83.4 Å². The van der Waals surface area contributed by atoms with Crippen molar-refractivity contribution in [1.29, 1.82) is 0 Å². The highest BCUT2D eigenvalue weighted by Crippen LogP contribution is 2.26. The van der Waals surface area contributed by atoms with E-state index in [1.54, 1.807) is 36.8 Å². The van der Waals surface area contributed by atoms with E-state index < -0.39 is 0 Å². The molecule has 110 valence electrons. The fourth-order valence-corrected chi connectivity index (χ4v) is 2.42. The molecule has 1 aliphatic rings. The lowest BCUT2D eigenvalue weighted by Crippen LogP contribution is -2.39. The molecule has 0 radical (unpaired) electrons. The number of nitrogens with one attached hydrogen (secondary N) is 1. The number of hydrogen-bond acceptors (Lipinski definition) is 7. The van der Waals surface area contributed by atoms with Crippen LogP contribution in [-0.4, -0.2) is 39.4 Å². The van der Waals surface area contributed by atoms with Gasteiger partial charge in [0, 0.05) is 44.5 Å². The zero-order valence-corrected chi connectivity index (χ0v) is 11.5. The smallest absolute Gasteiger partial charge is 0.316 e. The summed E-state index contributed by atoms with van der Waals surface area (Å²) in [5, 5.41) is 9.14. The first-order valence-corrected chi connectivity index (χ1v) is 6.90. The van der Waals surface area contributed by atoms with Crippen LogP contribution in [0, 0.1) is 0 Å². The highest BCUT2D eigenvalue weighted by molar-refractivity contribution is 5.64. The molecule has 0 bridgehead atoms. The van der Waals surface area contributed by atoms with Gasteiger partial charge in [-0.15, -0.1) is 0 Å². The first-order chi connectivity index (χ1) is 10.4. The number of hydrogen-bond donors (Lipinski definition) is 2. The van der Waals surface area contributed by atoms with Crippen LogP contribution in [0.1, 0.15) is 12.8 Å². The molecule has 1 saturated heterocycles. The normalized spacial score (nSPS) is 15.8. The molecule has 1 aliphatic heterocycles. The van der Waals surface area contributed by atoms with E-state index in [0.717, 1.165) is 31.7 Å². The van der Waals surface area contributed by atoms with Gasteiger partial charge in [0.1, 0.15) is 11.8 Å². The van der Waals surface area contributed by atoms with Crippen LogP contribution in [0.4, 0.5) is 11.5 Å². The Hall–Kier alpha value is -2.41. The average molecular weight is 287 g/mol.